The van der Waals surface area contributed by atoms with Gasteiger partial charge in [-0.1, -0.05) is 29.3 Å². The number of amides is 2. The standard InChI is InChI=1S/C19H19Cl2N3O5/c1-27-16-5-3-4-12(19(16)28-2)9-23-24-17(25)10-22-18(26)11-29-15-7-6-13(20)8-14(15)21/h3-9H,10-11H2,1-2H3,(H,22,26)(H,24,25)/b23-9+. The van der Waals surface area contributed by atoms with Crippen molar-refractivity contribution >= 4 is 41.2 Å². The molecule has 0 radical (unpaired) electrons. The summed E-state index contributed by atoms with van der Waals surface area (Å²) < 4.78 is 15.7. The van der Waals surface area contributed by atoms with Crippen LogP contribution in [0.3, 0.4) is 0 Å². The molecule has 0 fully saturated rings. The van der Waals surface area contributed by atoms with Crippen LogP contribution in [0.1, 0.15) is 5.56 Å². The summed E-state index contributed by atoms with van der Waals surface area (Å²) >= 11 is 11.7. The lowest BCUT2D eigenvalue weighted by Gasteiger charge is -2.09. The molecule has 29 heavy (non-hydrogen) atoms. The number of benzene rings is 2. The first-order chi connectivity index (χ1) is 13.9. The highest BCUT2D eigenvalue weighted by atomic mass is 35.5. The summed E-state index contributed by atoms with van der Waals surface area (Å²) in [5.41, 5.74) is 2.92. The zero-order valence-corrected chi connectivity index (χ0v) is 17.2. The van der Waals surface area contributed by atoms with E-state index >= 15 is 0 Å². The predicted molar refractivity (Wildman–Crippen MR) is 110 cm³/mol. The summed E-state index contributed by atoms with van der Waals surface area (Å²) in [5.74, 6) is 0.327. The summed E-state index contributed by atoms with van der Waals surface area (Å²) in [6.07, 6.45) is 1.41. The monoisotopic (exact) mass is 439 g/mol. The highest BCUT2D eigenvalue weighted by Gasteiger charge is 2.09. The number of hydrogen-bond donors (Lipinski definition) is 2. The van der Waals surface area contributed by atoms with Gasteiger partial charge in [0.2, 0.25) is 0 Å². The van der Waals surface area contributed by atoms with E-state index in [1.54, 1.807) is 30.3 Å². The third kappa shape index (κ3) is 6.85. The molecule has 154 valence electrons. The Morgan fingerprint density at radius 3 is 2.55 bits per heavy atom. The zero-order valence-electron chi connectivity index (χ0n) is 15.7. The van der Waals surface area contributed by atoms with Gasteiger partial charge in [0.15, 0.2) is 18.1 Å². The molecule has 2 amide bonds. The van der Waals surface area contributed by atoms with Gasteiger partial charge in [-0.05, 0) is 30.3 Å². The van der Waals surface area contributed by atoms with E-state index in [2.05, 4.69) is 15.8 Å². The third-order valence-corrected chi connectivity index (χ3v) is 4.06. The normalized spacial score (nSPS) is 10.5. The quantitative estimate of drug-likeness (QED) is 0.462. The van der Waals surface area contributed by atoms with Crippen LogP contribution in [0, 0.1) is 0 Å². The molecule has 0 spiro atoms. The van der Waals surface area contributed by atoms with E-state index in [-0.39, 0.29) is 18.2 Å². The second-order valence-electron chi connectivity index (χ2n) is 5.52. The maximum atomic E-state index is 11.8. The van der Waals surface area contributed by atoms with Crippen molar-refractivity contribution in [2.75, 3.05) is 27.4 Å². The molecule has 2 N–H and O–H groups in total. The molecule has 0 saturated heterocycles. The van der Waals surface area contributed by atoms with Crippen molar-refractivity contribution in [2.24, 2.45) is 5.10 Å². The predicted octanol–water partition coefficient (Wildman–Crippen LogP) is 2.66. The molecule has 0 aromatic heterocycles. The molecule has 2 aromatic rings. The van der Waals surface area contributed by atoms with Crippen LogP contribution in [0.15, 0.2) is 41.5 Å². The average Bonchev–Trinajstić information content (AvgIpc) is 2.71. The Morgan fingerprint density at radius 2 is 1.86 bits per heavy atom. The van der Waals surface area contributed by atoms with E-state index < -0.39 is 11.8 Å². The Hall–Kier alpha value is -2.97. The largest absolute Gasteiger partial charge is 0.493 e. The first kappa shape index (κ1) is 22.3. The van der Waals surface area contributed by atoms with Gasteiger partial charge in [-0.2, -0.15) is 5.10 Å². The summed E-state index contributed by atoms with van der Waals surface area (Å²) in [6, 6.07) is 9.88. The van der Waals surface area contributed by atoms with Crippen molar-refractivity contribution in [1.29, 1.82) is 0 Å². The molecule has 0 aliphatic rings. The van der Waals surface area contributed by atoms with Gasteiger partial charge in [-0.25, -0.2) is 5.43 Å². The summed E-state index contributed by atoms with van der Waals surface area (Å²) in [4.78, 5) is 23.6. The smallest absolute Gasteiger partial charge is 0.259 e. The molecule has 0 saturated carbocycles. The summed E-state index contributed by atoms with van der Waals surface area (Å²) in [6.45, 7) is -0.581. The molecule has 0 aliphatic heterocycles. The number of nitrogens with zero attached hydrogens (tertiary/aromatic N) is 1. The van der Waals surface area contributed by atoms with E-state index in [4.69, 9.17) is 37.4 Å². The van der Waals surface area contributed by atoms with Crippen LogP contribution < -0.4 is 25.0 Å². The zero-order chi connectivity index (χ0) is 21.2. The molecule has 0 unspecified atom stereocenters. The molecular weight excluding hydrogens is 421 g/mol. The number of carbonyl (C=O) groups is 2. The van der Waals surface area contributed by atoms with Gasteiger partial charge in [0, 0.05) is 10.6 Å². The van der Waals surface area contributed by atoms with E-state index in [1.165, 1.54) is 26.5 Å². The number of halogens is 2. The van der Waals surface area contributed by atoms with E-state index in [1.807, 2.05) is 0 Å². The third-order valence-electron chi connectivity index (χ3n) is 3.53. The van der Waals surface area contributed by atoms with Crippen molar-refractivity contribution in [3.63, 3.8) is 0 Å². The Labute approximate surface area is 177 Å². The van der Waals surface area contributed by atoms with Crippen LogP contribution in [0.2, 0.25) is 10.0 Å². The fraction of sp³-hybridized carbons (Fsp3) is 0.211. The number of para-hydroxylation sites is 1. The molecule has 2 aromatic carbocycles. The summed E-state index contributed by atoms with van der Waals surface area (Å²) in [5, 5.41) is 6.99. The van der Waals surface area contributed by atoms with Gasteiger partial charge >= 0.3 is 0 Å². The Morgan fingerprint density at radius 1 is 1.07 bits per heavy atom. The second-order valence-corrected chi connectivity index (χ2v) is 6.36. The number of rotatable bonds is 9. The Balaban J connectivity index is 1.78. The molecule has 0 bridgehead atoms. The number of methoxy groups -OCH3 is 2. The lowest BCUT2D eigenvalue weighted by Crippen LogP contribution is -2.37. The molecule has 0 aliphatic carbocycles. The molecule has 0 heterocycles. The van der Waals surface area contributed by atoms with Gasteiger partial charge in [0.25, 0.3) is 11.8 Å². The van der Waals surface area contributed by atoms with Gasteiger partial charge in [0.1, 0.15) is 5.75 Å². The maximum Gasteiger partial charge on any atom is 0.259 e. The Bertz CT molecular complexity index is 905. The molecule has 0 atom stereocenters. The van der Waals surface area contributed by atoms with Gasteiger partial charge in [0.05, 0.1) is 32.0 Å². The van der Waals surface area contributed by atoms with Crippen molar-refractivity contribution in [3.8, 4) is 17.2 Å². The number of ether oxygens (including phenoxy) is 3. The number of hydrogen-bond acceptors (Lipinski definition) is 6. The fourth-order valence-electron chi connectivity index (χ4n) is 2.19. The molecule has 2 rings (SSSR count). The van der Waals surface area contributed by atoms with Gasteiger partial charge in [-0.15, -0.1) is 0 Å². The van der Waals surface area contributed by atoms with Crippen molar-refractivity contribution < 1.29 is 23.8 Å². The van der Waals surface area contributed by atoms with E-state index in [0.29, 0.717) is 27.8 Å². The van der Waals surface area contributed by atoms with Crippen LogP contribution in [0.5, 0.6) is 17.2 Å². The number of hydrazone groups is 1. The minimum Gasteiger partial charge on any atom is -0.493 e. The minimum atomic E-state index is -0.513. The van der Waals surface area contributed by atoms with Crippen LogP contribution in [-0.2, 0) is 9.59 Å². The van der Waals surface area contributed by atoms with E-state index in [9.17, 15) is 9.59 Å². The maximum absolute atomic E-state index is 11.8. The average molecular weight is 440 g/mol. The fourth-order valence-corrected chi connectivity index (χ4v) is 2.66. The molecule has 10 heteroatoms. The van der Waals surface area contributed by atoms with Crippen LogP contribution in [0.4, 0.5) is 0 Å². The van der Waals surface area contributed by atoms with Crippen molar-refractivity contribution in [3.05, 3.63) is 52.0 Å². The van der Waals surface area contributed by atoms with Crippen LogP contribution >= 0.6 is 23.2 Å². The molecular formula is C19H19Cl2N3O5. The number of nitrogens with one attached hydrogen (secondary N) is 2. The van der Waals surface area contributed by atoms with Crippen molar-refractivity contribution in [2.45, 2.75) is 0 Å². The lowest BCUT2D eigenvalue weighted by molar-refractivity contribution is -0.127. The highest BCUT2D eigenvalue weighted by Crippen LogP contribution is 2.29. The number of carbonyl (C=O) groups excluding carboxylic acids is 2. The Kier molecular flexibility index (Phi) is 8.57. The van der Waals surface area contributed by atoms with E-state index in [0.717, 1.165) is 0 Å². The highest BCUT2D eigenvalue weighted by molar-refractivity contribution is 6.35. The first-order valence-electron chi connectivity index (χ1n) is 8.32. The van der Waals surface area contributed by atoms with Crippen molar-refractivity contribution in [1.82, 2.24) is 10.7 Å². The van der Waals surface area contributed by atoms with Crippen LogP contribution in [0.25, 0.3) is 0 Å². The SMILES string of the molecule is COc1cccc(/C=N/NC(=O)CNC(=O)COc2ccc(Cl)cc2Cl)c1OC. The minimum absolute atomic E-state index is 0.275. The van der Waals surface area contributed by atoms with Crippen LogP contribution in [-0.4, -0.2) is 45.4 Å². The lowest BCUT2D eigenvalue weighted by atomic mass is 10.2. The van der Waals surface area contributed by atoms with Gasteiger partial charge < -0.3 is 19.5 Å². The first-order valence-corrected chi connectivity index (χ1v) is 9.07. The second kappa shape index (κ2) is 11.1. The molecule has 8 nitrogen and oxygen atoms in total. The topological polar surface area (TPSA) is 98.2 Å². The summed E-state index contributed by atoms with van der Waals surface area (Å²) in [7, 11) is 3.02. The van der Waals surface area contributed by atoms with Gasteiger partial charge in [-0.3, -0.25) is 9.59 Å².